The van der Waals surface area contributed by atoms with Crippen molar-refractivity contribution in [3.63, 3.8) is 0 Å². The van der Waals surface area contributed by atoms with Gasteiger partial charge in [-0.15, -0.1) is 0 Å². The average molecular weight is 169 g/mol. The van der Waals surface area contributed by atoms with E-state index in [0.29, 0.717) is 0 Å². The second-order valence-corrected chi connectivity index (χ2v) is 2.65. The first kappa shape index (κ1) is 10.9. The molecule has 0 saturated heterocycles. The molecule has 0 spiro atoms. The Kier molecular flexibility index (Phi) is 5.00. The Morgan fingerprint density at radius 1 is 1.25 bits per heavy atom. The Labute approximate surface area is 72.6 Å². The monoisotopic (exact) mass is 169 g/mol. The van der Waals surface area contributed by atoms with Crippen molar-refractivity contribution in [1.82, 2.24) is 0 Å². The first-order valence-electron chi connectivity index (χ1n) is 4.13. The average Bonchev–Trinajstić information content (AvgIpc) is 2.03. The van der Waals surface area contributed by atoms with Crippen LogP contribution in [0.5, 0.6) is 0 Å². The van der Waals surface area contributed by atoms with Crippen molar-refractivity contribution in [2.45, 2.75) is 26.7 Å². The Morgan fingerprint density at radius 3 is 2.08 bits per heavy atom. The third-order valence-corrected chi connectivity index (χ3v) is 1.80. The molecule has 0 fully saturated rings. The first-order chi connectivity index (χ1) is 5.61. The normalized spacial score (nSPS) is 10.9. The number of hydrogen-bond acceptors (Lipinski definition) is 2. The maximum Gasteiger partial charge on any atom is 0.241 e. The molecule has 0 radical (unpaired) electrons. The third kappa shape index (κ3) is 3.91. The van der Waals surface area contributed by atoms with Crippen molar-refractivity contribution in [2.75, 3.05) is 0 Å². The SMILES string of the molecule is CCC(CC)C(=O)C=CC(N)=O. The zero-order valence-corrected chi connectivity index (χ0v) is 7.54. The van der Waals surface area contributed by atoms with Crippen LogP contribution in [0.1, 0.15) is 26.7 Å². The van der Waals surface area contributed by atoms with Crippen LogP contribution in [0.15, 0.2) is 12.2 Å². The van der Waals surface area contributed by atoms with E-state index in [-0.39, 0.29) is 11.7 Å². The summed E-state index contributed by atoms with van der Waals surface area (Å²) < 4.78 is 0. The number of primary amides is 1. The fourth-order valence-corrected chi connectivity index (χ4v) is 0.991. The van der Waals surface area contributed by atoms with Crippen molar-refractivity contribution < 1.29 is 9.59 Å². The zero-order chi connectivity index (χ0) is 9.56. The van der Waals surface area contributed by atoms with Gasteiger partial charge in [0.15, 0.2) is 5.78 Å². The standard InChI is InChI=1S/C9H15NO2/c1-3-7(4-2)8(11)5-6-9(10)12/h5-7H,3-4H2,1-2H3,(H2,10,12). The maximum atomic E-state index is 11.2. The lowest BCUT2D eigenvalue weighted by Crippen LogP contribution is -2.12. The molecule has 12 heavy (non-hydrogen) atoms. The van der Waals surface area contributed by atoms with E-state index in [1.165, 1.54) is 6.08 Å². The largest absolute Gasteiger partial charge is 0.366 e. The lowest BCUT2D eigenvalue weighted by Gasteiger charge is -2.05. The van der Waals surface area contributed by atoms with Gasteiger partial charge in [0.1, 0.15) is 0 Å². The molecule has 68 valence electrons. The minimum absolute atomic E-state index is 0.0150. The van der Waals surface area contributed by atoms with Gasteiger partial charge in [-0.2, -0.15) is 0 Å². The number of hydrogen-bond donors (Lipinski definition) is 1. The van der Waals surface area contributed by atoms with Crippen molar-refractivity contribution >= 4 is 11.7 Å². The lowest BCUT2D eigenvalue weighted by atomic mass is 9.98. The maximum absolute atomic E-state index is 11.2. The lowest BCUT2D eigenvalue weighted by molar-refractivity contribution is -0.119. The van der Waals surface area contributed by atoms with E-state index in [9.17, 15) is 9.59 Å². The molecule has 0 aliphatic rings. The Morgan fingerprint density at radius 2 is 1.75 bits per heavy atom. The summed E-state index contributed by atoms with van der Waals surface area (Å²) in [5.74, 6) is -0.561. The van der Waals surface area contributed by atoms with Crippen LogP contribution in [-0.4, -0.2) is 11.7 Å². The zero-order valence-electron chi connectivity index (χ0n) is 7.54. The van der Waals surface area contributed by atoms with Crippen molar-refractivity contribution in [3.05, 3.63) is 12.2 Å². The highest BCUT2D eigenvalue weighted by atomic mass is 16.1. The van der Waals surface area contributed by atoms with E-state index in [2.05, 4.69) is 0 Å². The molecule has 0 rings (SSSR count). The second kappa shape index (κ2) is 5.52. The minimum atomic E-state index is -0.575. The molecule has 1 amide bonds. The van der Waals surface area contributed by atoms with E-state index in [1.54, 1.807) is 0 Å². The van der Waals surface area contributed by atoms with Gasteiger partial charge in [0.25, 0.3) is 0 Å². The summed E-state index contributed by atoms with van der Waals surface area (Å²) in [7, 11) is 0. The molecular weight excluding hydrogens is 154 g/mol. The van der Waals surface area contributed by atoms with Gasteiger partial charge in [-0.25, -0.2) is 0 Å². The highest BCUT2D eigenvalue weighted by Gasteiger charge is 2.10. The van der Waals surface area contributed by atoms with Gasteiger partial charge in [-0.3, -0.25) is 9.59 Å². The molecule has 0 aliphatic carbocycles. The molecule has 3 heteroatoms. The fraction of sp³-hybridized carbons (Fsp3) is 0.556. The van der Waals surface area contributed by atoms with Gasteiger partial charge in [0, 0.05) is 12.0 Å². The van der Waals surface area contributed by atoms with Crippen molar-refractivity contribution in [3.8, 4) is 0 Å². The predicted molar refractivity (Wildman–Crippen MR) is 47.4 cm³/mol. The topological polar surface area (TPSA) is 60.2 Å². The van der Waals surface area contributed by atoms with Crippen LogP contribution >= 0.6 is 0 Å². The van der Waals surface area contributed by atoms with E-state index in [0.717, 1.165) is 18.9 Å². The quantitative estimate of drug-likeness (QED) is 0.625. The van der Waals surface area contributed by atoms with E-state index < -0.39 is 5.91 Å². The summed E-state index contributed by atoms with van der Waals surface area (Å²) in [6.45, 7) is 3.90. The van der Waals surface area contributed by atoms with Crippen LogP contribution in [0.4, 0.5) is 0 Å². The van der Waals surface area contributed by atoms with Crippen molar-refractivity contribution in [2.24, 2.45) is 11.7 Å². The van der Waals surface area contributed by atoms with Gasteiger partial charge < -0.3 is 5.73 Å². The third-order valence-electron chi connectivity index (χ3n) is 1.80. The van der Waals surface area contributed by atoms with Gasteiger partial charge in [0.05, 0.1) is 0 Å². The second-order valence-electron chi connectivity index (χ2n) is 2.65. The molecule has 2 N–H and O–H groups in total. The molecule has 0 bridgehead atoms. The molecule has 0 aliphatic heterocycles. The van der Waals surface area contributed by atoms with Crippen LogP contribution < -0.4 is 5.73 Å². The fourth-order valence-electron chi connectivity index (χ4n) is 0.991. The molecular formula is C9H15NO2. The molecule has 0 heterocycles. The molecule has 0 aromatic rings. The Hall–Kier alpha value is -1.12. The highest BCUT2D eigenvalue weighted by molar-refractivity contribution is 5.98. The summed E-state index contributed by atoms with van der Waals surface area (Å²) >= 11 is 0. The van der Waals surface area contributed by atoms with Crippen LogP contribution in [0, 0.1) is 5.92 Å². The van der Waals surface area contributed by atoms with Gasteiger partial charge >= 0.3 is 0 Å². The number of carbonyl (C=O) groups excluding carboxylic acids is 2. The summed E-state index contributed by atoms with van der Waals surface area (Å²) in [5, 5.41) is 0. The van der Waals surface area contributed by atoms with E-state index >= 15 is 0 Å². The van der Waals surface area contributed by atoms with Crippen LogP contribution in [0.2, 0.25) is 0 Å². The van der Waals surface area contributed by atoms with Crippen LogP contribution in [0.25, 0.3) is 0 Å². The number of nitrogens with two attached hydrogens (primary N) is 1. The van der Waals surface area contributed by atoms with Gasteiger partial charge in [-0.05, 0) is 18.9 Å². The Bertz CT molecular complexity index is 193. The molecule has 0 unspecified atom stereocenters. The van der Waals surface area contributed by atoms with Gasteiger partial charge in [0.2, 0.25) is 5.91 Å². The summed E-state index contributed by atoms with van der Waals surface area (Å²) in [6.07, 6.45) is 3.98. The molecule has 0 saturated carbocycles. The Balaban J connectivity index is 4.10. The van der Waals surface area contributed by atoms with Crippen LogP contribution in [0.3, 0.4) is 0 Å². The number of carbonyl (C=O) groups is 2. The number of ketones is 1. The van der Waals surface area contributed by atoms with Gasteiger partial charge in [-0.1, -0.05) is 13.8 Å². The van der Waals surface area contributed by atoms with Crippen LogP contribution in [-0.2, 0) is 9.59 Å². The number of allylic oxidation sites excluding steroid dienone is 1. The molecule has 3 nitrogen and oxygen atoms in total. The summed E-state index contributed by atoms with van der Waals surface area (Å²) in [5.41, 5.74) is 4.85. The molecule has 0 aromatic carbocycles. The van der Waals surface area contributed by atoms with Crippen molar-refractivity contribution in [1.29, 1.82) is 0 Å². The number of rotatable bonds is 5. The first-order valence-corrected chi connectivity index (χ1v) is 4.13. The van der Waals surface area contributed by atoms with E-state index in [1.807, 2.05) is 13.8 Å². The highest BCUT2D eigenvalue weighted by Crippen LogP contribution is 2.08. The minimum Gasteiger partial charge on any atom is -0.366 e. The summed E-state index contributed by atoms with van der Waals surface area (Å²) in [6, 6.07) is 0. The number of amides is 1. The van der Waals surface area contributed by atoms with E-state index in [4.69, 9.17) is 5.73 Å². The molecule has 0 aromatic heterocycles. The molecule has 0 atom stereocenters. The summed E-state index contributed by atoms with van der Waals surface area (Å²) in [4.78, 5) is 21.5. The smallest absolute Gasteiger partial charge is 0.241 e. The predicted octanol–water partition coefficient (Wildman–Crippen LogP) is 1.03.